The van der Waals surface area contributed by atoms with E-state index in [2.05, 4.69) is 16.9 Å². The Hall–Kier alpha value is -2.26. The van der Waals surface area contributed by atoms with Crippen LogP contribution in [0.3, 0.4) is 0 Å². The molecule has 0 spiro atoms. The normalized spacial score (nSPS) is 17.2. The van der Waals surface area contributed by atoms with Gasteiger partial charge in [-0.1, -0.05) is 61.6 Å². The number of halogens is 1. The Morgan fingerprint density at radius 1 is 1.28 bits per heavy atom. The predicted molar refractivity (Wildman–Crippen MR) is 130 cm³/mol. The van der Waals surface area contributed by atoms with Crippen molar-refractivity contribution in [3.8, 4) is 0 Å². The molecule has 2 heterocycles. The molecule has 0 radical (unpaired) electrons. The van der Waals surface area contributed by atoms with Gasteiger partial charge in [-0.15, -0.1) is 0 Å². The Balaban J connectivity index is 1.69. The SMILES string of the molecule is C=C1CCN([C@@H](CC(C)C)C(=O)Nc2nc3ccc(Cl)cc3s2)S(=O)(=O)c2ccccc21. The van der Waals surface area contributed by atoms with Gasteiger partial charge < -0.3 is 5.32 Å². The van der Waals surface area contributed by atoms with E-state index in [1.165, 1.54) is 15.6 Å². The fourth-order valence-electron chi connectivity index (χ4n) is 3.88. The van der Waals surface area contributed by atoms with Crippen molar-refractivity contribution in [3.63, 3.8) is 0 Å². The minimum absolute atomic E-state index is 0.108. The van der Waals surface area contributed by atoms with E-state index in [1.807, 2.05) is 13.8 Å². The second-order valence-electron chi connectivity index (χ2n) is 8.23. The van der Waals surface area contributed by atoms with Gasteiger partial charge in [0.25, 0.3) is 0 Å². The van der Waals surface area contributed by atoms with Crippen LogP contribution in [0.5, 0.6) is 0 Å². The molecule has 6 nitrogen and oxygen atoms in total. The summed E-state index contributed by atoms with van der Waals surface area (Å²) < 4.78 is 29.4. The van der Waals surface area contributed by atoms with E-state index in [0.717, 1.165) is 15.8 Å². The predicted octanol–water partition coefficient (Wildman–Crippen LogP) is 5.41. The summed E-state index contributed by atoms with van der Waals surface area (Å²) in [6, 6.07) is 11.3. The summed E-state index contributed by atoms with van der Waals surface area (Å²) in [6.07, 6.45) is 0.841. The van der Waals surface area contributed by atoms with Gasteiger partial charge in [-0.3, -0.25) is 4.79 Å². The van der Waals surface area contributed by atoms with E-state index in [1.54, 1.807) is 42.5 Å². The number of aromatic nitrogens is 1. The van der Waals surface area contributed by atoms with Crippen LogP contribution in [0, 0.1) is 5.92 Å². The third-order valence-electron chi connectivity index (χ3n) is 5.41. The number of thiazole rings is 1. The third-order valence-corrected chi connectivity index (χ3v) is 8.55. The number of fused-ring (bicyclic) bond motifs is 2. The lowest BCUT2D eigenvalue weighted by Crippen LogP contribution is -2.48. The van der Waals surface area contributed by atoms with Crippen LogP contribution in [0.4, 0.5) is 5.13 Å². The molecule has 2 aromatic carbocycles. The molecule has 0 unspecified atom stereocenters. The maximum Gasteiger partial charge on any atom is 0.244 e. The molecular weight excluding hydrogens is 466 g/mol. The molecule has 4 rings (SSSR count). The zero-order valence-corrected chi connectivity index (χ0v) is 20.2. The Labute approximate surface area is 197 Å². The van der Waals surface area contributed by atoms with Gasteiger partial charge in [0.05, 0.1) is 15.1 Å². The van der Waals surface area contributed by atoms with Crippen molar-refractivity contribution < 1.29 is 13.2 Å². The minimum Gasteiger partial charge on any atom is -0.301 e. The van der Waals surface area contributed by atoms with Crippen LogP contribution in [-0.2, 0) is 14.8 Å². The van der Waals surface area contributed by atoms with Gasteiger partial charge >= 0.3 is 0 Å². The van der Waals surface area contributed by atoms with Crippen molar-refractivity contribution in [1.82, 2.24) is 9.29 Å². The number of nitrogens with one attached hydrogen (secondary N) is 1. The number of benzene rings is 2. The lowest BCUT2D eigenvalue weighted by Gasteiger charge is -2.29. The van der Waals surface area contributed by atoms with Crippen molar-refractivity contribution >= 4 is 59.8 Å². The van der Waals surface area contributed by atoms with Crippen molar-refractivity contribution in [2.24, 2.45) is 5.92 Å². The van der Waals surface area contributed by atoms with E-state index < -0.39 is 22.0 Å². The molecular formula is C23H24ClN3O3S2. The zero-order valence-electron chi connectivity index (χ0n) is 17.8. The lowest BCUT2D eigenvalue weighted by atomic mass is 10.0. The van der Waals surface area contributed by atoms with Crippen molar-refractivity contribution in [2.75, 3.05) is 11.9 Å². The fraction of sp³-hybridized carbons (Fsp3) is 0.304. The topological polar surface area (TPSA) is 79.4 Å². The molecule has 1 aromatic heterocycles. The van der Waals surface area contributed by atoms with Crippen LogP contribution in [0.25, 0.3) is 15.8 Å². The second kappa shape index (κ2) is 8.94. The molecule has 1 atom stereocenters. The highest BCUT2D eigenvalue weighted by molar-refractivity contribution is 7.89. The fourth-order valence-corrected chi connectivity index (χ4v) is 6.86. The van der Waals surface area contributed by atoms with Crippen LogP contribution in [0.15, 0.2) is 53.9 Å². The van der Waals surface area contributed by atoms with Gasteiger partial charge in [-0.25, -0.2) is 13.4 Å². The van der Waals surface area contributed by atoms with Crippen LogP contribution < -0.4 is 5.32 Å². The Morgan fingerprint density at radius 3 is 2.78 bits per heavy atom. The maximum atomic E-state index is 13.6. The molecule has 9 heteroatoms. The average Bonchev–Trinajstić information content (AvgIpc) is 3.09. The van der Waals surface area contributed by atoms with Crippen LogP contribution in [0.1, 0.15) is 32.3 Å². The first-order valence-corrected chi connectivity index (χ1v) is 13.0. The van der Waals surface area contributed by atoms with Gasteiger partial charge in [-0.2, -0.15) is 4.31 Å². The largest absolute Gasteiger partial charge is 0.301 e. The Bertz CT molecular complexity index is 1300. The number of nitrogens with zero attached hydrogens (tertiary/aromatic N) is 2. The minimum atomic E-state index is -3.89. The van der Waals surface area contributed by atoms with Gasteiger partial charge in [0, 0.05) is 11.6 Å². The smallest absolute Gasteiger partial charge is 0.244 e. The van der Waals surface area contributed by atoms with Gasteiger partial charge in [0.2, 0.25) is 15.9 Å². The molecule has 1 amide bonds. The summed E-state index contributed by atoms with van der Waals surface area (Å²) >= 11 is 7.36. The molecule has 1 aliphatic heterocycles. The summed E-state index contributed by atoms with van der Waals surface area (Å²) in [6.45, 7) is 8.20. The maximum absolute atomic E-state index is 13.6. The number of rotatable bonds is 5. The lowest BCUT2D eigenvalue weighted by molar-refractivity contribution is -0.120. The number of hydrogen-bond donors (Lipinski definition) is 1. The molecule has 0 aliphatic carbocycles. The van der Waals surface area contributed by atoms with E-state index in [4.69, 9.17) is 11.6 Å². The third kappa shape index (κ3) is 4.45. The quantitative estimate of drug-likeness (QED) is 0.519. The average molecular weight is 490 g/mol. The molecule has 0 bridgehead atoms. The standard InChI is InChI=1S/C23H24ClN3O3S2/c1-14(2)12-19(22(28)26-23-25-18-9-8-16(24)13-20(18)31-23)27-11-10-15(3)17-6-4-5-7-21(17)32(27,29)30/h4-9,13-14,19H,3,10-12H2,1-2H3,(H,25,26,28)/t19-/m0/s1. The monoisotopic (exact) mass is 489 g/mol. The van der Waals surface area contributed by atoms with Crippen LogP contribution in [-0.4, -0.2) is 36.2 Å². The Kier molecular flexibility index (Phi) is 6.40. The van der Waals surface area contributed by atoms with Crippen molar-refractivity contribution in [2.45, 2.75) is 37.6 Å². The number of hydrogen-bond acceptors (Lipinski definition) is 5. The summed E-state index contributed by atoms with van der Waals surface area (Å²) in [5.41, 5.74) is 2.09. The number of sulfonamides is 1. The molecule has 0 fully saturated rings. The van der Waals surface area contributed by atoms with Gasteiger partial charge in [0.1, 0.15) is 6.04 Å². The van der Waals surface area contributed by atoms with Gasteiger partial charge in [-0.05, 0) is 54.2 Å². The number of amides is 1. The number of carbonyl (C=O) groups excluding carboxylic acids is 1. The molecule has 3 aromatic rings. The molecule has 0 saturated heterocycles. The van der Waals surface area contributed by atoms with Gasteiger partial charge in [0.15, 0.2) is 5.13 Å². The highest BCUT2D eigenvalue weighted by Crippen LogP contribution is 2.34. The van der Waals surface area contributed by atoms with Crippen LogP contribution in [0.2, 0.25) is 5.02 Å². The van der Waals surface area contributed by atoms with E-state index >= 15 is 0 Å². The summed E-state index contributed by atoms with van der Waals surface area (Å²) in [5, 5.41) is 3.85. The first-order chi connectivity index (χ1) is 15.2. The number of anilines is 1. The molecule has 1 aliphatic rings. The van der Waals surface area contributed by atoms with Crippen molar-refractivity contribution in [3.05, 3.63) is 59.6 Å². The van der Waals surface area contributed by atoms with Crippen molar-refractivity contribution in [1.29, 1.82) is 0 Å². The van der Waals surface area contributed by atoms with E-state index in [9.17, 15) is 13.2 Å². The summed E-state index contributed by atoms with van der Waals surface area (Å²) in [4.78, 5) is 18.0. The highest BCUT2D eigenvalue weighted by Gasteiger charge is 2.39. The van der Waals surface area contributed by atoms with Crippen LogP contribution >= 0.6 is 22.9 Å². The Morgan fingerprint density at radius 2 is 2.03 bits per heavy atom. The van der Waals surface area contributed by atoms with E-state index in [-0.39, 0.29) is 17.4 Å². The first-order valence-electron chi connectivity index (χ1n) is 10.3. The highest BCUT2D eigenvalue weighted by atomic mass is 35.5. The zero-order chi connectivity index (χ0) is 23.0. The first kappa shape index (κ1) is 22.9. The van der Waals surface area contributed by atoms with E-state index in [0.29, 0.717) is 28.6 Å². The summed E-state index contributed by atoms with van der Waals surface area (Å²) in [7, 11) is -3.89. The molecule has 168 valence electrons. The molecule has 0 saturated carbocycles. The summed E-state index contributed by atoms with van der Waals surface area (Å²) in [5.74, 6) is -0.283. The second-order valence-corrected chi connectivity index (χ2v) is 11.6. The molecule has 32 heavy (non-hydrogen) atoms. The molecule has 1 N–H and O–H groups in total. The number of carbonyl (C=O) groups is 1.